The number of hydrogen-bond acceptors (Lipinski definition) is 6. The van der Waals surface area contributed by atoms with Crippen molar-refractivity contribution >= 4 is 0 Å². The molecule has 1 aromatic carbocycles. The van der Waals surface area contributed by atoms with E-state index >= 15 is 0 Å². The first-order valence-corrected chi connectivity index (χ1v) is 11.4. The molecule has 1 N–H and O–H groups in total. The fourth-order valence-corrected chi connectivity index (χ4v) is 5.43. The lowest BCUT2D eigenvalue weighted by Gasteiger charge is -2.50. The molecular formula is C25H32N4O3. The Morgan fingerprint density at radius 3 is 2.75 bits per heavy atom. The Kier molecular flexibility index (Phi) is 5.93. The van der Waals surface area contributed by atoms with E-state index in [0.717, 1.165) is 48.2 Å². The van der Waals surface area contributed by atoms with E-state index in [4.69, 9.17) is 19.0 Å². The van der Waals surface area contributed by atoms with Crippen molar-refractivity contribution in [3.8, 4) is 22.8 Å². The molecule has 3 saturated heterocycles. The minimum Gasteiger partial charge on any atom is -0.493 e. The van der Waals surface area contributed by atoms with Crippen LogP contribution in [0.2, 0.25) is 0 Å². The van der Waals surface area contributed by atoms with Crippen molar-refractivity contribution in [2.75, 3.05) is 33.9 Å². The molecular weight excluding hydrogens is 404 g/mol. The Hall–Kier alpha value is -2.77. The number of nitrogens with one attached hydrogen (secondary N) is 1. The standard InChI is InChI=1S/C25H32N4O3/c1-28-23(13-22(27-28)18-6-7-24(30-2)25(12-18)31-3)21-16-29-9-8-17(21)11-19(29)14-26-15-20-5-4-10-32-20/h4-7,10,12-13,17,19,21,26H,8-9,11,14-16H2,1-3H3/t17-,19+,21+/m0/s1. The number of rotatable bonds is 8. The summed E-state index contributed by atoms with van der Waals surface area (Å²) in [6, 6.07) is 12.8. The highest BCUT2D eigenvalue weighted by Gasteiger charge is 2.41. The average Bonchev–Trinajstić information content (AvgIpc) is 3.49. The topological polar surface area (TPSA) is 64.7 Å². The van der Waals surface area contributed by atoms with Crippen LogP contribution in [0.3, 0.4) is 0 Å². The van der Waals surface area contributed by atoms with Gasteiger partial charge in [0.05, 0.1) is 32.7 Å². The van der Waals surface area contributed by atoms with Gasteiger partial charge in [0.25, 0.3) is 0 Å². The summed E-state index contributed by atoms with van der Waals surface area (Å²) in [6.07, 6.45) is 4.22. The monoisotopic (exact) mass is 436 g/mol. The Bertz CT molecular complexity index is 1050. The van der Waals surface area contributed by atoms with Crippen molar-refractivity contribution in [2.24, 2.45) is 13.0 Å². The van der Waals surface area contributed by atoms with Gasteiger partial charge in [0.15, 0.2) is 11.5 Å². The first-order valence-electron chi connectivity index (χ1n) is 11.4. The maximum atomic E-state index is 5.48. The second-order valence-electron chi connectivity index (χ2n) is 8.90. The van der Waals surface area contributed by atoms with E-state index < -0.39 is 0 Å². The number of furan rings is 1. The zero-order valence-electron chi connectivity index (χ0n) is 19.1. The summed E-state index contributed by atoms with van der Waals surface area (Å²) in [5, 5.41) is 8.43. The molecule has 3 aromatic rings. The number of fused-ring (bicyclic) bond motifs is 3. The first kappa shape index (κ1) is 21.1. The van der Waals surface area contributed by atoms with E-state index in [9.17, 15) is 0 Å². The molecule has 0 spiro atoms. The van der Waals surface area contributed by atoms with E-state index in [-0.39, 0.29) is 0 Å². The fourth-order valence-electron chi connectivity index (χ4n) is 5.43. The summed E-state index contributed by atoms with van der Waals surface area (Å²) in [6.45, 7) is 4.09. The molecule has 6 rings (SSSR count). The lowest BCUT2D eigenvalue weighted by Crippen LogP contribution is -2.55. The van der Waals surface area contributed by atoms with E-state index in [1.165, 1.54) is 25.1 Å². The molecule has 2 bridgehead atoms. The minimum atomic E-state index is 0.525. The van der Waals surface area contributed by atoms with Crippen LogP contribution in [-0.4, -0.2) is 54.6 Å². The van der Waals surface area contributed by atoms with Crippen molar-refractivity contribution in [3.05, 3.63) is 54.1 Å². The largest absolute Gasteiger partial charge is 0.493 e. The highest BCUT2D eigenvalue weighted by atomic mass is 16.5. The van der Waals surface area contributed by atoms with Gasteiger partial charge in [0.1, 0.15) is 5.76 Å². The molecule has 32 heavy (non-hydrogen) atoms. The highest BCUT2D eigenvalue weighted by Crippen LogP contribution is 2.42. The summed E-state index contributed by atoms with van der Waals surface area (Å²) in [5.41, 5.74) is 3.36. The van der Waals surface area contributed by atoms with Crippen LogP contribution >= 0.6 is 0 Å². The van der Waals surface area contributed by atoms with E-state index in [2.05, 4.69) is 28.0 Å². The molecule has 7 nitrogen and oxygen atoms in total. The van der Waals surface area contributed by atoms with Crippen molar-refractivity contribution in [2.45, 2.75) is 31.3 Å². The van der Waals surface area contributed by atoms with Crippen LogP contribution in [0.15, 0.2) is 47.1 Å². The third kappa shape index (κ3) is 4.02. The number of hydrogen-bond donors (Lipinski definition) is 1. The van der Waals surface area contributed by atoms with Crippen molar-refractivity contribution in [1.82, 2.24) is 20.0 Å². The number of benzene rings is 1. The average molecular weight is 437 g/mol. The molecule has 0 saturated carbocycles. The molecule has 0 amide bonds. The van der Waals surface area contributed by atoms with Gasteiger partial charge in [-0.05, 0) is 61.7 Å². The second-order valence-corrected chi connectivity index (χ2v) is 8.90. The first-order chi connectivity index (χ1) is 15.7. The molecule has 7 heteroatoms. The van der Waals surface area contributed by atoms with Crippen molar-refractivity contribution < 1.29 is 13.9 Å². The van der Waals surface area contributed by atoms with Gasteiger partial charge < -0.3 is 19.2 Å². The second kappa shape index (κ2) is 9.00. The number of ether oxygens (including phenoxy) is 2. The zero-order chi connectivity index (χ0) is 22.1. The number of aromatic nitrogens is 2. The van der Waals surface area contributed by atoms with Gasteiger partial charge in [0, 0.05) is 43.4 Å². The van der Waals surface area contributed by atoms with Gasteiger partial charge >= 0.3 is 0 Å². The number of nitrogens with zero attached hydrogens (tertiary/aromatic N) is 3. The molecule has 3 aliphatic rings. The lowest BCUT2D eigenvalue weighted by molar-refractivity contribution is 0.0280. The Labute approximate surface area is 189 Å². The van der Waals surface area contributed by atoms with E-state index in [0.29, 0.717) is 17.9 Å². The van der Waals surface area contributed by atoms with Gasteiger partial charge in [0.2, 0.25) is 0 Å². The fraction of sp³-hybridized carbons (Fsp3) is 0.480. The zero-order valence-corrected chi connectivity index (χ0v) is 19.1. The third-order valence-corrected chi connectivity index (χ3v) is 7.11. The van der Waals surface area contributed by atoms with Gasteiger partial charge in [-0.25, -0.2) is 0 Å². The molecule has 3 aliphatic heterocycles. The molecule has 4 atom stereocenters. The van der Waals surface area contributed by atoms with Crippen molar-refractivity contribution in [1.29, 1.82) is 0 Å². The smallest absolute Gasteiger partial charge is 0.161 e. The maximum absolute atomic E-state index is 5.48. The molecule has 0 radical (unpaired) electrons. The number of aryl methyl sites for hydroxylation is 1. The van der Waals surface area contributed by atoms with Crippen molar-refractivity contribution in [3.63, 3.8) is 0 Å². The van der Waals surface area contributed by atoms with Crippen LogP contribution in [-0.2, 0) is 13.6 Å². The minimum absolute atomic E-state index is 0.525. The van der Waals surface area contributed by atoms with Crippen LogP contribution in [0.1, 0.15) is 30.2 Å². The quantitative estimate of drug-likeness (QED) is 0.581. The molecule has 2 aromatic heterocycles. The van der Waals surface area contributed by atoms with E-state index in [1.807, 2.05) is 30.3 Å². The van der Waals surface area contributed by atoms with Gasteiger partial charge in [-0.1, -0.05) is 0 Å². The summed E-state index contributed by atoms with van der Waals surface area (Å²) in [4.78, 5) is 2.66. The van der Waals surface area contributed by atoms with Crippen LogP contribution in [0.25, 0.3) is 11.3 Å². The van der Waals surface area contributed by atoms with Crippen LogP contribution in [0.5, 0.6) is 11.5 Å². The SMILES string of the molecule is COc1ccc(-c2cc([C@@H]3CN4CC[C@H]3C[C@@H]4CNCc3ccco3)n(C)n2)cc1OC. The van der Waals surface area contributed by atoms with E-state index in [1.54, 1.807) is 20.5 Å². The number of piperidine rings is 3. The summed E-state index contributed by atoms with van der Waals surface area (Å²) < 4.78 is 18.4. The maximum Gasteiger partial charge on any atom is 0.161 e. The molecule has 170 valence electrons. The van der Waals surface area contributed by atoms with Gasteiger partial charge in [-0.3, -0.25) is 9.58 Å². The summed E-state index contributed by atoms with van der Waals surface area (Å²) in [5.74, 6) is 3.68. The predicted octanol–water partition coefficient (Wildman–Crippen LogP) is 3.66. The molecule has 3 fully saturated rings. The summed E-state index contributed by atoms with van der Waals surface area (Å²) in [7, 11) is 5.39. The normalized spacial score (nSPS) is 24.6. The Morgan fingerprint density at radius 2 is 2.03 bits per heavy atom. The molecule has 1 unspecified atom stereocenters. The van der Waals surface area contributed by atoms with Crippen LogP contribution < -0.4 is 14.8 Å². The highest BCUT2D eigenvalue weighted by molar-refractivity contribution is 5.64. The lowest BCUT2D eigenvalue weighted by atomic mass is 9.74. The molecule has 5 heterocycles. The summed E-state index contributed by atoms with van der Waals surface area (Å²) >= 11 is 0. The van der Waals surface area contributed by atoms with Gasteiger partial charge in [-0.2, -0.15) is 5.10 Å². The van der Waals surface area contributed by atoms with Crippen LogP contribution in [0, 0.1) is 5.92 Å². The Balaban J connectivity index is 1.28. The third-order valence-electron chi connectivity index (χ3n) is 7.11. The van der Waals surface area contributed by atoms with Gasteiger partial charge in [-0.15, -0.1) is 0 Å². The van der Waals surface area contributed by atoms with Crippen LogP contribution in [0.4, 0.5) is 0 Å². The predicted molar refractivity (Wildman–Crippen MR) is 123 cm³/mol. The molecule has 0 aliphatic carbocycles. The Morgan fingerprint density at radius 1 is 1.16 bits per heavy atom. The number of methoxy groups -OCH3 is 2.